The molecule has 7 aliphatic rings. The SMILES string of the molecule is C=C(C)C(CC[C@](C)(O[C@@H]1O[C@H](CO)[C@@H](O)[C@H](O)[C@H]1O)[C@H]1CC[C@]2(C)[C@@H]1[C@H](O)C[C@@H]1[C@@]3(C)CC[C@H](O[C@@H]4O[C@H](CO)[C@@H](O)[C@H](O)[C@H]4O[C@@H]4O[C@H](CO)[C@@H](O)[C@H](O)[C@H]4O)C(C)(C)[C@@H]3CC[C@]12C)OO. The fourth-order valence-corrected chi connectivity index (χ4v) is 15.0. The van der Waals surface area contributed by atoms with Crippen LogP contribution >= 0.6 is 0 Å². The molecule has 0 aromatic carbocycles. The zero-order valence-corrected chi connectivity index (χ0v) is 40.6. The Kier molecular flexibility index (Phi) is 16.4. The monoisotopic (exact) mass is 979 g/mol. The highest BCUT2D eigenvalue weighted by atomic mass is 17.1. The van der Waals surface area contributed by atoms with Crippen LogP contribution in [-0.2, 0) is 33.3 Å². The quantitative estimate of drug-likeness (QED) is 0.0423. The molecule has 7 fully saturated rings. The maximum absolute atomic E-state index is 12.7. The Hall–Kier alpha value is -1.06. The summed E-state index contributed by atoms with van der Waals surface area (Å²) < 4.78 is 37.1. The summed E-state index contributed by atoms with van der Waals surface area (Å²) in [7, 11) is 0. The van der Waals surface area contributed by atoms with Gasteiger partial charge in [0.15, 0.2) is 18.9 Å². The zero-order valence-electron chi connectivity index (χ0n) is 40.6. The van der Waals surface area contributed by atoms with Gasteiger partial charge in [0.25, 0.3) is 0 Å². The van der Waals surface area contributed by atoms with Crippen LogP contribution in [0, 0.1) is 45.3 Å². The van der Waals surface area contributed by atoms with Crippen molar-refractivity contribution in [3.63, 3.8) is 0 Å². The van der Waals surface area contributed by atoms with Crippen LogP contribution in [0.5, 0.6) is 0 Å². The van der Waals surface area contributed by atoms with Crippen molar-refractivity contribution >= 4 is 0 Å². The molecule has 13 N–H and O–H groups in total. The predicted molar refractivity (Wildman–Crippen MR) is 236 cm³/mol. The molecule has 3 saturated heterocycles. The van der Waals surface area contributed by atoms with E-state index < -0.39 is 147 Å². The summed E-state index contributed by atoms with van der Waals surface area (Å²) in [5.74, 6) is -0.518. The molecule has 26 atom stereocenters. The normalized spacial score (nSPS) is 51.7. The van der Waals surface area contributed by atoms with E-state index in [1.807, 2.05) is 6.92 Å². The smallest absolute Gasteiger partial charge is 0.187 e. The van der Waals surface area contributed by atoms with Crippen LogP contribution in [0.25, 0.3) is 0 Å². The number of ether oxygens (including phenoxy) is 6. The maximum atomic E-state index is 12.7. The van der Waals surface area contributed by atoms with E-state index >= 15 is 0 Å². The van der Waals surface area contributed by atoms with Crippen molar-refractivity contribution in [3.05, 3.63) is 12.2 Å². The molecule has 0 radical (unpaired) electrons. The van der Waals surface area contributed by atoms with E-state index in [1.54, 1.807) is 6.92 Å². The molecule has 4 aliphatic carbocycles. The molecule has 0 aromatic heterocycles. The Morgan fingerprint density at radius 2 is 1.18 bits per heavy atom. The molecule has 4 saturated carbocycles. The molecular weight excluding hydrogens is 897 g/mol. The highest BCUT2D eigenvalue weighted by Gasteiger charge is 2.72. The summed E-state index contributed by atoms with van der Waals surface area (Å²) >= 11 is 0. The van der Waals surface area contributed by atoms with Crippen LogP contribution in [0.4, 0.5) is 0 Å². The first kappa shape index (κ1) is 54.7. The van der Waals surface area contributed by atoms with E-state index in [1.165, 1.54) is 0 Å². The van der Waals surface area contributed by atoms with Crippen molar-refractivity contribution in [2.24, 2.45) is 45.3 Å². The Bertz CT molecular complexity index is 1720. The molecule has 7 rings (SSSR count). The average molecular weight is 979 g/mol. The second-order valence-electron chi connectivity index (χ2n) is 23.1. The largest absolute Gasteiger partial charge is 0.394 e. The summed E-state index contributed by atoms with van der Waals surface area (Å²) in [6.07, 6.45) is -20.1. The molecule has 1 unspecified atom stereocenters. The minimum absolute atomic E-state index is 0.0427. The Labute approximate surface area is 398 Å². The fourth-order valence-electron chi connectivity index (χ4n) is 15.0. The van der Waals surface area contributed by atoms with Crippen LogP contribution in [0.15, 0.2) is 12.2 Å². The van der Waals surface area contributed by atoms with E-state index in [2.05, 4.69) is 41.2 Å². The van der Waals surface area contributed by atoms with Gasteiger partial charge in [0, 0.05) is 0 Å². The maximum Gasteiger partial charge on any atom is 0.187 e. The van der Waals surface area contributed by atoms with Gasteiger partial charge in [-0.05, 0) is 123 Å². The molecule has 3 aliphatic heterocycles. The number of rotatable bonds is 15. The van der Waals surface area contributed by atoms with Gasteiger partial charge in [-0.25, -0.2) is 4.89 Å². The summed E-state index contributed by atoms with van der Waals surface area (Å²) in [6.45, 7) is 16.8. The highest BCUT2D eigenvalue weighted by Crippen LogP contribution is 2.76. The van der Waals surface area contributed by atoms with Crippen LogP contribution in [0.1, 0.15) is 106 Å². The molecule has 0 aromatic rings. The van der Waals surface area contributed by atoms with E-state index in [9.17, 15) is 66.5 Å². The van der Waals surface area contributed by atoms with Crippen LogP contribution in [-0.4, -0.2) is 202 Å². The van der Waals surface area contributed by atoms with Crippen LogP contribution < -0.4 is 0 Å². The van der Waals surface area contributed by atoms with Crippen molar-refractivity contribution in [1.82, 2.24) is 0 Å². The second kappa shape index (κ2) is 20.3. The van der Waals surface area contributed by atoms with Crippen molar-refractivity contribution in [1.29, 1.82) is 0 Å². The molecular formula is C48H82O20. The lowest BCUT2D eigenvalue weighted by molar-refractivity contribution is -0.378. The predicted octanol–water partition coefficient (Wildman–Crippen LogP) is -0.559. The average Bonchev–Trinajstić information content (AvgIpc) is 3.68. The molecule has 0 bridgehead atoms. The van der Waals surface area contributed by atoms with E-state index in [-0.39, 0.29) is 47.3 Å². The van der Waals surface area contributed by atoms with E-state index in [4.69, 9.17) is 33.3 Å². The fraction of sp³-hybridized carbons (Fsp3) is 0.958. The Morgan fingerprint density at radius 1 is 0.647 bits per heavy atom. The number of hydrogen-bond acceptors (Lipinski definition) is 20. The summed E-state index contributed by atoms with van der Waals surface area (Å²) in [6, 6.07) is 0. The molecule has 394 valence electrons. The first-order valence-electron chi connectivity index (χ1n) is 24.7. The van der Waals surface area contributed by atoms with Gasteiger partial charge in [0.05, 0.1) is 37.6 Å². The van der Waals surface area contributed by atoms with Crippen LogP contribution in [0.3, 0.4) is 0 Å². The number of aliphatic hydroxyl groups is 12. The molecule has 20 heteroatoms. The molecule has 3 heterocycles. The third kappa shape index (κ3) is 9.09. The van der Waals surface area contributed by atoms with Gasteiger partial charge >= 0.3 is 0 Å². The van der Waals surface area contributed by atoms with Gasteiger partial charge in [-0.15, -0.1) is 0 Å². The third-order valence-corrected chi connectivity index (χ3v) is 19.2. The van der Waals surface area contributed by atoms with Gasteiger partial charge in [-0.2, -0.15) is 0 Å². The van der Waals surface area contributed by atoms with Crippen molar-refractivity contribution < 1.29 is 99.8 Å². The minimum Gasteiger partial charge on any atom is -0.394 e. The summed E-state index contributed by atoms with van der Waals surface area (Å²) in [5, 5.41) is 139. The van der Waals surface area contributed by atoms with Gasteiger partial charge in [0.2, 0.25) is 0 Å². The Balaban J connectivity index is 1.14. The minimum atomic E-state index is -1.81. The first-order chi connectivity index (χ1) is 31.8. The lowest BCUT2D eigenvalue weighted by Gasteiger charge is -2.71. The first-order valence-corrected chi connectivity index (χ1v) is 24.7. The molecule has 68 heavy (non-hydrogen) atoms. The molecule has 20 nitrogen and oxygen atoms in total. The second-order valence-corrected chi connectivity index (χ2v) is 23.1. The lowest BCUT2D eigenvalue weighted by Crippen LogP contribution is -2.68. The van der Waals surface area contributed by atoms with Crippen molar-refractivity contribution in [2.45, 2.75) is 222 Å². The van der Waals surface area contributed by atoms with Gasteiger partial charge in [0.1, 0.15) is 79.4 Å². The zero-order chi connectivity index (χ0) is 50.2. The van der Waals surface area contributed by atoms with Gasteiger partial charge in [-0.1, -0.05) is 41.2 Å². The summed E-state index contributed by atoms with van der Waals surface area (Å²) in [5.41, 5.74) is -2.14. The third-order valence-electron chi connectivity index (χ3n) is 19.2. The number of hydrogen-bond donors (Lipinski definition) is 13. The topological polar surface area (TPSA) is 328 Å². The van der Waals surface area contributed by atoms with E-state index in [0.29, 0.717) is 31.3 Å². The highest BCUT2D eigenvalue weighted by molar-refractivity contribution is 5.20. The lowest BCUT2D eigenvalue weighted by atomic mass is 9.35. The van der Waals surface area contributed by atoms with Gasteiger partial charge < -0.3 is 89.7 Å². The standard InChI is InChI=1S/C48H82O20/c1-21(2)24(68-61)10-16-48(8,67-42-39(60)36(57)33(54)26(19-50)63-42)22-9-14-47(7)31(22)23(52)17-29-45(5)13-12-30(44(3,4)28(45)11-15-46(29,47)6)65-43-40(37(58)34(55)27(20-51)64-43)66-41-38(59)35(56)32(53)25(18-49)62-41/h22-43,49-61H,1,9-20H2,2-8H3/t22-,23+,24?,25+,26+,27+,28-,29+,30-,31-,32+,33+,34+,35-,36-,37-,38+,39+,40+,41-,42-,43-,45-,46+,47+,48-/m0/s1. The Morgan fingerprint density at radius 3 is 1.74 bits per heavy atom. The van der Waals surface area contributed by atoms with E-state index in [0.717, 1.165) is 19.3 Å². The van der Waals surface area contributed by atoms with Crippen molar-refractivity contribution in [3.8, 4) is 0 Å². The van der Waals surface area contributed by atoms with Crippen molar-refractivity contribution in [2.75, 3.05) is 19.8 Å². The number of aliphatic hydroxyl groups excluding tert-OH is 12. The van der Waals surface area contributed by atoms with Gasteiger partial charge in [-0.3, -0.25) is 5.26 Å². The molecule has 0 spiro atoms. The number of fused-ring (bicyclic) bond motifs is 5. The molecule has 0 amide bonds. The van der Waals surface area contributed by atoms with Crippen LogP contribution in [0.2, 0.25) is 0 Å². The summed E-state index contributed by atoms with van der Waals surface area (Å²) in [4.78, 5) is 4.80.